The van der Waals surface area contributed by atoms with Crippen molar-refractivity contribution in [2.45, 2.75) is 50.9 Å². The van der Waals surface area contributed by atoms with Crippen LogP contribution in [0.4, 0.5) is 0 Å². The highest BCUT2D eigenvalue weighted by Crippen LogP contribution is 2.39. The summed E-state index contributed by atoms with van der Waals surface area (Å²) in [5.41, 5.74) is -0.995. The van der Waals surface area contributed by atoms with Gasteiger partial charge in [-0.05, 0) is 32.9 Å². The minimum Gasteiger partial charge on any atom is -0.371 e. The van der Waals surface area contributed by atoms with Gasteiger partial charge in [-0.15, -0.1) is 11.3 Å². The fourth-order valence-corrected chi connectivity index (χ4v) is 4.54. The van der Waals surface area contributed by atoms with Crippen LogP contribution in [0.25, 0.3) is 0 Å². The van der Waals surface area contributed by atoms with Gasteiger partial charge in [-0.2, -0.15) is 0 Å². The van der Waals surface area contributed by atoms with Crippen LogP contribution in [0.3, 0.4) is 0 Å². The van der Waals surface area contributed by atoms with Gasteiger partial charge in [-0.1, -0.05) is 0 Å². The van der Waals surface area contributed by atoms with E-state index in [1.54, 1.807) is 19.9 Å². The molecule has 0 spiro atoms. The molecule has 4 heterocycles. The van der Waals surface area contributed by atoms with Crippen molar-refractivity contribution in [1.29, 1.82) is 0 Å². The number of rotatable bonds is 4. The van der Waals surface area contributed by atoms with Gasteiger partial charge in [0.25, 0.3) is 11.5 Å². The first-order chi connectivity index (χ1) is 13.7. The molecule has 2 aromatic rings. The summed E-state index contributed by atoms with van der Waals surface area (Å²) in [5.74, 6) is -1.03. The smallest absolute Gasteiger partial charge is 0.328 e. The Hall–Kier alpha value is -2.27. The zero-order valence-corrected chi connectivity index (χ0v) is 17.2. The van der Waals surface area contributed by atoms with Crippen LogP contribution in [0.1, 0.15) is 34.4 Å². The van der Waals surface area contributed by atoms with Crippen LogP contribution >= 0.6 is 11.3 Å². The van der Waals surface area contributed by atoms with Crippen LogP contribution in [0.2, 0.25) is 0 Å². The molecule has 0 aromatic carbocycles. The lowest BCUT2D eigenvalue weighted by Gasteiger charge is -2.37. The van der Waals surface area contributed by atoms with E-state index in [0.717, 1.165) is 4.88 Å². The van der Waals surface area contributed by atoms with E-state index in [1.165, 1.54) is 28.2 Å². The van der Waals surface area contributed by atoms with Gasteiger partial charge in [0.05, 0.1) is 17.5 Å². The Balaban J connectivity index is 1.51. The highest BCUT2D eigenvalue weighted by atomic mass is 32.1. The summed E-state index contributed by atoms with van der Waals surface area (Å²) >= 11 is 1.43. The molecule has 2 N–H and O–H groups in total. The third-order valence-corrected chi connectivity index (χ3v) is 6.03. The molecular weight excluding hydrogens is 398 g/mol. The topological polar surface area (TPSA) is 112 Å². The number of carbonyl (C=O) groups is 1. The number of nitrogens with one attached hydrogen (secondary N) is 2. The Morgan fingerprint density at radius 3 is 2.72 bits per heavy atom. The number of carbonyl (C=O) groups excluding carboxylic acids is 1. The molecule has 2 saturated heterocycles. The third-order valence-electron chi connectivity index (χ3n) is 5.03. The lowest BCUT2D eigenvalue weighted by Crippen LogP contribution is -2.54. The maximum atomic E-state index is 12.4. The van der Waals surface area contributed by atoms with Gasteiger partial charge in [-0.25, -0.2) is 4.79 Å². The van der Waals surface area contributed by atoms with Crippen LogP contribution in [0.5, 0.6) is 0 Å². The van der Waals surface area contributed by atoms with Gasteiger partial charge in [0, 0.05) is 23.7 Å². The van der Waals surface area contributed by atoms with Crippen LogP contribution < -0.4 is 16.6 Å². The Bertz CT molecular complexity index is 1030. The van der Waals surface area contributed by atoms with Crippen molar-refractivity contribution in [3.63, 3.8) is 0 Å². The van der Waals surface area contributed by atoms with Crippen molar-refractivity contribution in [2.24, 2.45) is 0 Å². The molecule has 2 aromatic heterocycles. The van der Waals surface area contributed by atoms with Gasteiger partial charge in [0.1, 0.15) is 18.3 Å². The van der Waals surface area contributed by atoms with Gasteiger partial charge in [-0.3, -0.25) is 19.1 Å². The number of amides is 1. The molecular formula is C19H23N3O6S. The van der Waals surface area contributed by atoms with Crippen molar-refractivity contribution < 1.29 is 19.0 Å². The van der Waals surface area contributed by atoms with Crippen molar-refractivity contribution in [1.82, 2.24) is 14.9 Å². The molecule has 2 aliphatic heterocycles. The summed E-state index contributed by atoms with van der Waals surface area (Å²) in [5, 5.41) is 2.89. The molecule has 0 saturated carbocycles. The fraction of sp³-hybridized carbons (Fsp3) is 0.526. The Morgan fingerprint density at radius 1 is 1.28 bits per heavy atom. The van der Waals surface area contributed by atoms with Crippen LogP contribution in [0.15, 0.2) is 34.0 Å². The number of aromatic amines is 1. The fourth-order valence-electron chi connectivity index (χ4n) is 3.75. The summed E-state index contributed by atoms with van der Waals surface area (Å²) < 4.78 is 19.5. The quantitative estimate of drug-likeness (QED) is 0.755. The van der Waals surface area contributed by atoms with Crippen LogP contribution in [0, 0.1) is 6.92 Å². The predicted molar refractivity (Wildman–Crippen MR) is 105 cm³/mol. The molecule has 2 fully saturated rings. The number of thiophene rings is 1. The maximum Gasteiger partial charge on any atom is 0.328 e. The SMILES string of the molecule is Cc1ccc(C(=O)NC[C@H]2OC[C@@H](n3ccc(=O)[nH]c3=O)[C@@H]3OC(C)(C)O[C@@H]32)s1. The summed E-state index contributed by atoms with van der Waals surface area (Å²) in [6.45, 7) is 5.97. The summed E-state index contributed by atoms with van der Waals surface area (Å²) in [4.78, 5) is 39.9. The number of fused-ring (bicyclic) bond motifs is 1. The van der Waals surface area contributed by atoms with E-state index in [-0.39, 0.29) is 19.1 Å². The second kappa shape index (κ2) is 7.52. The molecule has 29 heavy (non-hydrogen) atoms. The molecule has 10 heteroatoms. The van der Waals surface area contributed by atoms with E-state index in [2.05, 4.69) is 10.3 Å². The lowest BCUT2D eigenvalue weighted by molar-refractivity contribution is -0.153. The highest BCUT2D eigenvalue weighted by Gasteiger charge is 2.52. The van der Waals surface area contributed by atoms with E-state index in [0.29, 0.717) is 4.88 Å². The van der Waals surface area contributed by atoms with Crippen molar-refractivity contribution in [3.05, 3.63) is 55.0 Å². The molecule has 0 aliphatic carbocycles. The number of aryl methyl sites for hydroxylation is 1. The normalized spacial score (nSPS) is 28.1. The molecule has 1 amide bonds. The van der Waals surface area contributed by atoms with Gasteiger partial charge in [0.15, 0.2) is 5.79 Å². The van der Waals surface area contributed by atoms with Crippen molar-refractivity contribution >= 4 is 17.2 Å². The van der Waals surface area contributed by atoms with E-state index in [9.17, 15) is 14.4 Å². The first kappa shape index (κ1) is 20.0. The van der Waals surface area contributed by atoms with Crippen LogP contribution in [-0.4, -0.2) is 52.7 Å². The minimum atomic E-state index is -0.861. The number of aromatic nitrogens is 2. The summed E-state index contributed by atoms with van der Waals surface area (Å²) in [7, 11) is 0. The molecule has 2 aliphatic rings. The molecule has 156 valence electrons. The zero-order chi connectivity index (χ0) is 20.8. The average Bonchev–Trinajstić information content (AvgIpc) is 3.22. The Labute approximate surface area is 170 Å². The zero-order valence-electron chi connectivity index (χ0n) is 16.3. The summed E-state index contributed by atoms with van der Waals surface area (Å²) in [6, 6.07) is 4.51. The van der Waals surface area contributed by atoms with Gasteiger partial charge in [0.2, 0.25) is 0 Å². The van der Waals surface area contributed by atoms with Crippen molar-refractivity contribution in [3.8, 4) is 0 Å². The standard InChI is InChI=1S/C19H23N3O6S/c1-10-4-5-13(29-10)17(24)20-8-12-16-15(27-19(2,3)28-16)11(9-26-12)22-7-6-14(23)21-18(22)25/h4-7,11-12,15-16H,8-9H2,1-3H3,(H,20,24)(H,21,23,25)/t11-,12-,15+,16-/m1/s1. The first-order valence-electron chi connectivity index (χ1n) is 9.37. The molecule has 4 rings (SSSR count). The second-order valence-corrected chi connectivity index (χ2v) is 8.93. The minimum absolute atomic E-state index is 0.166. The molecule has 0 radical (unpaired) electrons. The van der Waals surface area contributed by atoms with E-state index < -0.39 is 41.4 Å². The summed E-state index contributed by atoms with van der Waals surface area (Å²) in [6.07, 6.45) is 0.0602. The highest BCUT2D eigenvalue weighted by molar-refractivity contribution is 7.13. The molecule has 0 bridgehead atoms. The number of nitrogens with zero attached hydrogens (tertiary/aromatic N) is 1. The number of H-pyrrole nitrogens is 1. The maximum absolute atomic E-state index is 12.4. The average molecular weight is 421 g/mol. The van der Waals surface area contributed by atoms with E-state index in [4.69, 9.17) is 14.2 Å². The monoisotopic (exact) mass is 421 g/mol. The molecule has 9 nitrogen and oxygen atoms in total. The van der Waals surface area contributed by atoms with E-state index in [1.807, 2.05) is 13.0 Å². The van der Waals surface area contributed by atoms with E-state index >= 15 is 0 Å². The van der Waals surface area contributed by atoms with Crippen molar-refractivity contribution in [2.75, 3.05) is 13.2 Å². The van der Waals surface area contributed by atoms with Gasteiger partial charge >= 0.3 is 5.69 Å². The van der Waals surface area contributed by atoms with Crippen LogP contribution in [-0.2, 0) is 14.2 Å². The Kier molecular flexibility index (Phi) is 5.19. The third kappa shape index (κ3) is 4.06. The lowest BCUT2D eigenvalue weighted by atomic mass is 9.97. The number of ether oxygens (including phenoxy) is 3. The number of hydrogen-bond acceptors (Lipinski definition) is 7. The molecule has 0 unspecified atom stereocenters. The predicted octanol–water partition coefficient (Wildman–Crippen LogP) is 0.797. The Morgan fingerprint density at radius 2 is 2.03 bits per heavy atom. The second-order valence-electron chi connectivity index (χ2n) is 7.64. The van der Waals surface area contributed by atoms with Gasteiger partial charge < -0.3 is 19.5 Å². The number of hydrogen-bond donors (Lipinski definition) is 2. The first-order valence-corrected chi connectivity index (χ1v) is 10.2. The molecule has 4 atom stereocenters. The largest absolute Gasteiger partial charge is 0.371 e.